The standard InChI is InChI=1S/C27H42BF3N4O4/c1-25(2)18-14-22(25)26(3)23(15-18)38-28(39-26)19(13-17-8-10-20(11-9-17)37-27(29,30)31)16-34-24(36)21(32)7-5-6-12-35-33-4/h8-11,18-19,21-23,33,35H,5-7,12-16,32H2,1-4H3,(H,34,36). The fraction of sp³-hybridized carbons (Fsp3) is 0.741. The fourth-order valence-electron chi connectivity index (χ4n) is 6.69. The van der Waals surface area contributed by atoms with Crippen molar-refractivity contribution in [3.8, 4) is 5.75 Å². The largest absolute Gasteiger partial charge is 0.573 e. The lowest BCUT2D eigenvalue weighted by Gasteiger charge is -2.64. The van der Waals surface area contributed by atoms with Crippen LogP contribution in [0.1, 0.15) is 58.4 Å². The van der Waals surface area contributed by atoms with Crippen molar-refractivity contribution < 1.29 is 32.0 Å². The highest BCUT2D eigenvalue weighted by atomic mass is 19.4. The fourth-order valence-corrected chi connectivity index (χ4v) is 6.69. The molecule has 8 nitrogen and oxygen atoms in total. The third kappa shape index (κ3) is 6.90. The van der Waals surface area contributed by atoms with Crippen LogP contribution in [0.25, 0.3) is 0 Å². The molecule has 6 atom stereocenters. The number of benzene rings is 1. The number of rotatable bonds is 13. The number of halogens is 3. The Morgan fingerprint density at radius 2 is 1.92 bits per heavy atom. The number of unbranched alkanes of at least 4 members (excludes halogenated alkanes) is 1. The maximum atomic E-state index is 12.8. The number of hydrogen-bond donors (Lipinski definition) is 4. The van der Waals surface area contributed by atoms with Crippen molar-refractivity contribution in [2.75, 3.05) is 20.1 Å². The van der Waals surface area contributed by atoms with E-state index >= 15 is 0 Å². The van der Waals surface area contributed by atoms with Crippen LogP contribution < -0.4 is 26.6 Å². The van der Waals surface area contributed by atoms with Gasteiger partial charge in [-0.05, 0) is 81.0 Å². The number of nitrogens with two attached hydrogens (primary N) is 1. The summed E-state index contributed by atoms with van der Waals surface area (Å²) in [6.45, 7) is 7.79. The second kappa shape index (κ2) is 11.9. The van der Waals surface area contributed by atoms with Crippen molar-refractivity contribution in [1.82, 2.24) is 16.2 Å². The summed E-state index contributed by atoms with van der Waals surface area (Å²) in [5.74, 6) is 0.224. The molecule has 1 heterocycles. The van der Waals surface area contributed by atoms with Gasteiger partial charge in [-0.2, -0.15) is 0 Å². The zero-order valence-corrected chi connectivity index (χ0v) is 23.3. The van der Waals surface area contributed by atoms with Gasteiger partial charge in [-0.25, -0.2) is 0 Å². The van der Waals surface area contributed by atoms with E-state index in [2.05, 4.69) is 41.7 Å². The first kappa shape index (κ1) is 30.1. The third-order valence-electron chi connectivity index (χ3n) is 9.13. The Bertz CT molecular complexity index is 983. The summed E-state index contributed by atoms with van der Waals surface area (Å²) in [6, 6.07) is 5.17. The SMILES string of the molecule is CNNCCCCC(N)C(=O)NCC(Cc1ccc(OC(F)(F)F)cc1)B1OC2CC3CC(C3(C)C)C2(C)O1. The Labute approximate surface area is 229 Å². The van der Waals surface area contributed by atoms with Crippen LogP contribution in [-0.2, 0) is 20.5 Å². The summed E-state index contributed by atoms with van der Waals surface area (Å²) in [6.07, 6.45) is 0.00603. The molecular weight excluding hydrogens is 512 g/mol. The van der Waals surface area contributed by atoms with Gasteiger partial charge in [-0.3, -0.25) is 15.6 Å². The first-order valence-electron chi connectivity index (χ1n) is 13.9. The first-order valence-corrected chi connectivity index (χ1v) is 13.9. The molecule has 1 amide bonds. The summed E-state index contributed by atoms with van der Waals surface area (Å²) in [5.41, 5.74) is 12.6. The Morgan fingerprint density at radius 1 is 1.21 bits per heavy atom. The molecule has 4 fully saturated rings. The van der Waals surface area contributed by atoms with Crippen LogP contribution in [0.2, 0.25) is 5.82 Å². The molecule has 5 rings (SSSR count). The van der Waals surface area contributed by atoms with Gasteiger partial charge < -0.3 is 25.1 Å². The van der Waals surface area contributed by atoms with Crippen LogP contribution in [0.5, 0.6) is 5.75 Å². The molecular formula is C27H42BF3N4O4. The Hall–Kier alpha value is -1.86. The predicted molar refractivity (Wildman–Crippen MR) is 143 cm³/mol. The van der Waals surface area contributed by atoms with Gasteiger partial charge in [0.2, 0.25) is 5.91 Å². The van der Waals surface area contributed by atoms with E-state index < -0.39 is 25.1 Å². The van der Waals surface area contributed by atoms with E-state index in [1.165, 1.54) is 12.1 Å². The second-order valence-corrected chi connectivity index (χ2v) is 12.0. The molecule has 2 bridgehead atoms. The lowest BCUT2D eigenvalue weighted by atomic mass is 9.43. The van der Waals surface area contributed by atoms with Crippen molar-refractivity contribution in [2.24, 2.45) is 23.0 Å². The van der Waals surface area contributed by atoms with Gasteiger partial charge in [0.05, 0.1) is 17.7 Å². The summed E-state index contributed by atoms with van der Waals surface area (Å²) < 4.78 is 54.9. The van der Waals surface area contributed by atoms with Gasteiger partial charge in [0.15, 0.2) is 0 Å². The number of hydrogen-bond acceptors (Lipinski definition) is 7. The van der Waals surface area contributed by atoms with E-state index in [1.54, 1.807) is 19.2 Å². The molecule has 1 saturated heterocycles. The zero-order valence-electron chi connectivity index (χ0n) is 23.3. The van der Waals surface area contributed by atoms with Crippen molar-refractivity contribution in [1.29, 1.82) is 0 Å². The smallest absolute Gasteiger partial charge is 0.406 e. The highest BCUT2D eigenvalue weighted by Crippen LogP contribution is 2.66. The molecule has 3 aliphatic carbocycles. The highest BCUT2D eigenvalue weighted by molar-refractivity contribution is 6.47. The van der Waals surface area contributed by atoms with Gasteiger partial charge in [0.1, 0.15) is 5.75 Å². The molecule has 6 unspecified atom stereocenters. The molecule has 12 heteroatoms. The normalized spacial score (nSPS) is 28.8. The van der Waals surface area contributed by atoms with E-state index in [-0.39, 0.29) is 35.5 Å². The number of hydrazine groups is 1. The van der Waals surface area contributed by atoms with Crippen molar-refractivity contribution in [2.45, 2.75) is 89.2 Å². The molecule has 0 radical (unpaired) electrons. The quantitative estimate of drug-likeness (QED) is 0.168. The maximum Gasteiger partial charge on any atom is 0.573 e. The summed E-state index contributed by atoms with van der Waals surface area (Å²) in [5, 5.41) is 2.98. The van der Waals surface area contributed by atoms with E-state index in [9.17, 15) is 18.0 Å². The minimum Gasteiger partial charge on any atom is -0.406 e. The van der Waals surface area contributed by atoms with Gasteiger partial charge in [0, 0.05) is 18.9 Å². The second-order valence-electron chi connectivity index (χ2n) is 12.0. The van der Waals surface area contributed by atoms with Crippen molar-refractivity contribution in [3.63, 3.8) is 0 Å². The number of ether oxygens (including phenoxy) is 1. The van der Waals surface area contributed by atoms with E-state index in [4.69, 9.17) is 15.0 Å². The lowest BCUT2D eigenvalue weighted by Crippen LogP contribution is -2.65. The molecule has 0 spiro atoms. The summed E-state index contributed by atoms with van der Waals surface area (Å²) in [7, 11) is 1.25. The number of carbonyl (C=O) groups excluding carboxylic acids is 1. The Balaban J connectivity index is 1.41. The lowest BCUT2D eigenvalue weighted by molar-refractivity contribution is -0.274. The Morgan fingerprint density at radius 3 is 2.56 bits per heavy atom. The molecule has 4 aliphatic rings. The van der Waals surface area contributed by atoms with E-state index in [0.29, 0.717) is 24.7 Å². The molecule has 5 N–H and O–H groups in total. The molecule has 1 aromatic rings. The number of carbonyl (C=O) groups is 1. The molecule has 1 aliphatic heterocycles. The first-order chi connectivity index (χ1) is 18.3. The van der Waals surface area contributed by atoms with Gasteiger partial charge in [-0.15, -0.1) is 13.2 Å². The highest BCUT2D eigenvalue weighted by Gasteiger charge is 2.68. The van der Waals surface area contributed by atoms with Crippen LogP contribution >= 0.6 is 0 Å². The monoisotopic (exact) mass is 554 g/mol. The van der Waals surface area contributed by atoms with Gasteiger partial charge in [-0.1, -0.05) is 32.4 Å². The van der Waals surface area contributed by atoms with Gasteiger partial charge in [0.25, 0.3) is 0 Å². The van der Waals surface area contributed by atoms with Crippen LogP contribution in [0, 0.1) is 17.3 Å². The molecule has 39 heavy (non-hydrogen) atoms. The predicted octanol–water partition coefficient (Wildman–Crippen LogP) is 3.56. The molecule has 218 valence electrons. The summed E-state index contributed by atoms with van der Waals surface area (Å²) >= 11 is 0. The number of amides is 1. The zero-order chi connectivity index (χ0) is 28.4. The van der Waals surface area contributed by atoms with Crippen LogP contribution in [0.15, 0.2) is 24.3 Å². The maximum absolute atomic E-state index is 12.8. The van der Waals surface area contributed by atoms with E-state index in [0.717, 1.165) is 37.8 Å². The van der Waals surface area contributed by atoms with Crippen LogP contribution in [0.4, 0.5) is 13.2 Å². The average Bonchev–Trinajstić information content (AvgIpc) is 3.23. The molecule has 0 aromatic heterocycles. The van der Waals surface area contributed by atoms with Crippen molar-refractivity contribution in [3.05, 3.63) is 29.8 Å². The minimum atomic E-state index is -4.75. The van der Waals surface area contributed by atoms with Gasteiger partial charge >= 0.3 is 13.5 Å². The number of alkyl halides is 3. The third-order valence-corrected chi connectivity index (χ3v) is 9.13. The van der Waals surface area contributed by atoms with Crippen molar-refractivity contribution >= 4 is 13.0 Å². The van der Waals surface area contributed by atoms with E-state index in [1.807, 2.05) is 0 Å². The van der Waals surface area contributed by atoms with Crippen LogP contribution in [-0.4, -0.2) is 57.3 Å². The Kier molecular flexibility index (Phi) is 9.22. The number of nitrogens with one attached hydrogen (secondary N) is 3. The molecule has 3 saturated carbocycles. The molecule has 1 aromatic carbocycles. The topological polar surface area (TPSA) is 107 Å². The van der Waals surface area contributed by atoms with Crippen LogP contribution in [0.3, 0.4) is 0 Å². The average molecular weight is 554 g/mol. The minimum absolute atomic E-state index is 0.0199. The summed E-state index contributed by atoms with van der Waals surface area (Å²) in [4.78, 5) is 12.8.